The minimum absolute atomic E-state index is 0.0442. The van der Waals surface area contributed by atoms with Gasteiger partial charge in [0.2, 0.25) is 0 Å². The van der Waals surface area contributed by atoms with Crippen molar-refractivity contribution in [3.05, 3.63) is 101 Å². The minimum atomic E-state index is -4.88. The molecule has 2 aromatic carbocycles. The molecule has 1 atom stereocenters. The van der Waals surface area contributed by atoms with Crippen LogP contribution in [0, 0.1) is 0 Å². The van der Waals surface area contributed by atoms with Crippen LogP contribution in [0.5, 0.6) is 0 Å². The first-order valence-electron chi connectivity index (χ1n) is 9.91. The van der Waals surface area contributed by atoms with E-state index in [0.717, 1.165) is 5.56 Å². The molecule has 0 aliphatic carbocycles. The van der Waals surface area contributed by atoms with E-state index in [1.165, 1.54) is 10.8 Å². The Kier molecular flexibility index (Phi) is 6.48. The summed E-state index contributed by atoms with van der Waals surface area (Å²) >= 11 is 0. The second-order valence-corrected chi connectivity index (χ2v) is 8.45. The van der Waals surface area contributed by atoms with Crippen LogP contribution in [-0.2, 0) is 22.2 Å². The zero-order valence-electron chi connectivity index (χ0n) is 17.3. The molecule has 0 bridgehead atoms. The first kappa shape index (κ1) is 22.6. The smallest absolute Gasteiger partial charge is 0.285 e. The molecular weight excluding hydrogens is 445 g/mol. The molecule has 0 aliphatic rings. The third-order valence-electron chi connectivity index (χ3n) is 4.94. The lowest BCUT2D eigenvalue weighted by atomic mass is 10.0. The number of nitrogens with zero attached hydrogens (tertiary/aromatic N) is 2. The van der Waals surface area contributed by atoms with E-state index in [0.29, 0.717) is 34.6 Å². The molecule has 10 heteroatoms. The zero-order valence-corrected chi connectivity index (χ0v) is 18.2. The van der Waals surface area contributed by atoms with Crippen molar-refractivity contribution in [1.29, 1.82) is 0 Å². The fourth-order valence-electron chi connectivity index (χ4n) is 3.28. The lowest BCUT2D eigenvalue weighted by Gasteiger charge is -2.14. The Bertz CT molecular complexity index is 1320. The predicted octanol–water partition coefficient (Wildman–Crippen LogP) is 2.47. The van der Waals surface area contributed by atoms with Gasteiger partial charge in [-0.05, 0) is 17.7 Å². The van der Waals surface area contributed by atoms with Gasteiger partial charge in [0.15, 0.2) is 18.3 Å². The van der Waals surface area contributed by atoms with E-state index in [9.17, 15) is 14.3 Å². The van der Waals surface area contributed by atoms with Gasteiger partial charge >= 0.3 is 0 Å². The number of nitrogen functional groups attached to an aromatic ring is 1. The van der Waals surface area contributed by atoms with E-state index < -0.39 is 14.6 Å². The van der Waals surface area contributed by atoms with Crippen LogP contribution in [0.4, 0.5) is 5.82 Å². The Morgan fingerprint density at radius 1 is 1.09 bits per heavy atom. The molecule has 0 amide bonds. The third kappa shape index (κ3) is 5.60. The lowest BCUT2D eigenvalue weighted by Crippen LogP contribution is -2.38. The maximum absolute atomic E-state index is 12.5. The van der Waals surface area contributed by atoms with Crippen molar-refractivity contribution in [3.63, 3.8) is 0 Å². The zero-order chi connectivity index (χ0) is 23.4. The molecule has 1 unspecified atom stereocenters. The summed E-state index contributed by atoms with van der Waals surface area (Å²) in [6.45, 7) is -0.480. The highest BCUT2D eigenvalue weighted by atomic mass is 31.2. The number of phosphoric ester groups is 1. The summed E-state index contributed by atoms with van der Waals surface area (Å²) in [7, 11) is -4.88. The Morgan fingerprint density at radius 2 is 1.79 bits per heavy atom. The highest BCUT2D eigenvalue weighted by Gasteiger charge is 2.18. The van der Waals surface area contributed by atoms with Crippen molar-refractivity contribution in [2.24, 2.45) is 0 Å². The average molecular weight is 465 g/mol. The fourth-order valence-corrected chi connectivity index (χ4v) is 3.55. The van der Waals surface area contributed by atoms with E-state index in [4.69, 9.17) is 15.2 Å². The summed E-state index contributed by atoms with van der Waals surface area (Å²) in [5.41, 5.74) is 9.40. The lowest BCUT2D eigenvalue weighted by molar-refractivity contribution is -0.712. The van der Waals surface area contributed by atoms with Crippen molar-refractivity contribution in [2.75, 3.05) is 5.73 Å². The van der Waals surface area contributed by atoms with Crippen LogP contribution in [0.2, 0.25) is 0 Å². The minimum Gasteiger partial charge on any atom is -0.756 e. The van der Waals surface area contributed by atoms with Gasteiger partial charge < -0.3 is 14.3 Å². The van der Waals surface area contributed by atoms with Crippen molar-refractivity contribution >= 4 is 19.4 Å². The standard InChI is InChI=1S/C23H20N3O6P/c24-23-20(7-4-12-26(23)15-31-33(28,29)30)21-14-19(25-32-21)13-16-8-10-18(11-9-16)22(27)17-5-2-1-3-6-17/h1-12,14,24H,13,15H2,(H2,28,29,30). The number of ketones is 1. The molecule has 0 spiro atoms. The van der Waals surface area contributed by atoms with Gasteiger partial charge in [0.1, 0.15) is 5.56 Å². The van der Waals surface area contributed by atoms with E-state index in [1.54, 1.807) is 42.5 Å². The molecule has 33 heavy (non-hydrogen) atoms. The molecule has 0 aliphatic heterocycles. The van der Waals surface area contributed by atoms with E-state index in [-0.39, 0.29) is 11.6 Å². The van der Waals surface area contributed by atoms with E-state index >= 15 is 0 Å². The molecule has 0 radical (unpaired) electrons. The number of hydrogen-bond acceptors (Lipinski definition) is 7. The van der Waals surface area contributed by atoms with Crippen LogP contribution in [0.1, 0.15) is 27.2 Å². The van der Waals surface area contributed by atoms with Crippen molar-refractivity contribution in [1.82, 2.24) is 5.16 Å². The average Bonchev–Trinajstić information content (AvgIpc) is 3.26. The van der Waals surface area contributed by atoms with Crippen LogP contribution in [0.15, 0.2) is 83.5 Å². The summed E-state index contributed by atoms with van der Waals surface area (Å²) in [4.78, 5) is 32.2. The monoisotopic (exact) mass is 465 g/mol. The summed E-state index contributed by atoms with van der Waals surface area (Å²) < 4.78 is 22.0. The second-order valence-electron chi connectivity index (χ2n) is 7.25. The van der Waals surface area contributed by atoms with Crippen molar-refractivity contribution in [2.45, 2.75) is 13.2 Å². The van der Waals surface area contributed by atoms with Gasteiger partial charge in [-0.1, -0.05) is 59.8 Å². The Hall–Kier alpha value is -3.62. The fraction of sp³-hybridized carbons (Fsp3) is 0.0870. The van der Waals surface area contributed by atoms with Crippen LogP contribution >= 0.6 is 7.82 Å². The SMILES string of the molecule is Nc1c(-c2cc(Cc3ccc(C(=O)c4ccccc4)cc3)no2)ccc[n+]1COP(=O)([O-])O. The molecule has 2 heterocycles. The Balaban J connectivity index is 1.47. The first-order chi connectivity index (χ1) is 15.8. The van der Waals surface area contributed by atoms with Gasteiger partial charge in [-0.2, -0.15) is 0 Å². The van der Waals surface area contributed by atoms with Gasteiger partial charge in [0.25, 0.3) is 13.6 Å². The van der Waals surface area contributed by atoms with Gasteiger partial charge in [-0.25, -0.2) is 4.57 Å². The second kappa shape index (κ2) is 9.48. The largest absolute Gasteiger partial charge is 0.756 e. The number of rotatable bonds is 8. The molecule has 4 rings (SSSR count). The van der Waals surface area contributed by atoms with Crippen LogP contribution < -0.4 is 15.2 Å². The van der Waals surface area contributed by atoms with E-state index in [1.807, 2.05) is 30.3 Å². The number of pyridine rings is 1. The maximum atomic E-state index is 12.5. The van der Waals surface area contributed by atoms with Crippen molar-refractivity contribution < 1.29 is 32.8 Å². The number of aromatic nitrogens is 2. The van der Waals surface area contributed by atoms with Crippen LogP contribution in [-0.4, -0.2) is 15.8 Å². The van der Waals surface area contributed by atoms with E-state index in [2.05, 4.69) is 9.68 Å². The molecular formula is C23H20N3O6P. The molecule has 2 aromatic heterocycles. The number of carbonyl (C=O) groups is 1. The number of benzene rings is 2. The number of anilines is 1. The molecule has 0 saturated heterocycles. The van der Waals surface area contributed by atoms with Gasteiger partial charge in [0, 0.05) is 23.6 Å². The Morgan fingerprint density at radius 3 is 2.48 bits per heavy atom. The molecule has 168 valence electrons. The molecule has 4 aromatic rings. The summed E-state index contributed by atoms with van der Waals surface area (Å²) in [5.74, 6) is 0.525. The normalized spacial score (nSPS) is 12.9. The number of nitrogens with two attached hydrogens (primary N) is 1. The Labute approximate surface area is 189 Å². The number of phosphoric acid groups is 1. The maximum Gasteiger partial charge on any atom is 0.285 e. The third-order valence-corrected chi connectivity index (χ3v) is 5.38. The van der Waals surface area contributed by atoms with Gasteiger partial charge in [-0.3, -0.25) is 19.6 Å². The first-order valence-corrected chi connectivity index (χ1v) is 11.4. The quantitative estimate of drug-likeness (QED) is 0.230. The molecule has 9 nitrogen and oxygen atoms in total. The van der Waals surface area contributed by atoms with Gasteiger partial charge in [-0.15, -0.1) is 0 Å². The summed E-state index contributed by atoms with van der Waals surface area (Å²) in [5, 5.41) is 4.08. The highest BCUT2D eigenvalue weighted by molar-refractivity contribution is 7.44. The topological polar surface area (TPSA) is 143 Å². The van der Waals surface area contributed by atoms with Crippen molar-refractivity contribution in [3.8, 4) is 11.3 Å². The summed E-state index contributed by atoms with van der Waals surface area (Å²) in [6.07, 6.45) is 1.98. The number of hydrogen-bond donors (Lipinski definition) is 2. The predicted molar refractivity (Wildman–Crippen MR) is 117 cm³/mol. The molecule has 3 N–H and O–H groups in total. The molecule has 0 fully saturated rings. The van der Waals surface area contributed by atoms with Crippen LogP contribution in [0.3, 0.4) is 0 Å². The van der Waals surface area contributed by atoms with Crippen LogP contribution in [0.25, 0.3) is 11.3 Å². The number of carbonyl (C=O) groups excluding carboxylic acids is 1. The van der Waals surface area contributed by atoms with Gasteiger partial charge in [0.05, 0.1) is 11.9 Å². The highest BCUT2D eigenvalue weighted by Crippen LogP contribution is 2.30. The summed E-state index contributed by atoms with van der Waals surface area (Å²) in [6, 6.07) is 21.4. The molecule has 0 saturated carbocycles.